The van der Waals surface area contributed by atoms with Crippen molar-refractivity contribution in [2.24, 2.45) is 5.41 Å². The lowest BCUT2D eigenvalue weighted by atomic mass is 9.81. The van der Waals surface area contributed by atoms with E-state index in [1.54, 1.807) is 27.7 Å². The van der Waals surface area contributed by atoms with Crippen LogP contribution in [0.3, 0.4) is 0 Å². The fraction of sp³-hybridized carbons (Fsp3) is 0.680. The summed E-state index contributed by atoms with van der Waals surface area (Å²) in [6.07, 6.45) is 0.0365. The summed E-state index contributed by atoms with van der Waals surface area (Å²) in [5.74, 6) is -0.365. The highest BCUT2D eigenvalue weighted by molar-refractivity contribution is 5.69. The third-order valence-electron chi connectivity index (χ3n) is 4.92. The number of hydrogen-bond donors (Lipinski definition) is 2. The number of amides is 1. The molecule has 0 aliphatic heterocycles. The number of aliphatic hydroxyl groups excluding tert-OH is 1. The zero-order valence-corrected chi connectivity index (χ0v) is 20.5. The maximum absolute atomic E-state index is 12.4. The molecule has 0 bridgehead atoms. The lowest BCUT2D eigenvalue weighted by Crippen LogP contribution is -2.47. The molecule has 7 heteroatoms. The van der Waals surface area contributed by atoms with Crippen molar-refractivity contribution < 1.29 is 28.9 Å². The van der Waals surface area contributed by atoms with Gasteiger partial charge in [-0.1, -0.05) is 44.2 Å². The first-order chi connectivity index (χ1) is 14.9. The average Bonchev–Trinajstić information content (AvgIpc) is 2.68. The molecule has 0 saturated heterocycles. The van der Waals surface area contributed by atoms with Gasteiger partial charge in [0.2, 0.25) is 0 Å². The first-order valence-corrected chi connectivity index (χ1v) is 11.4. The summed E-state index contributed by atoms with van der Waals surface area (Å²) in [5, 5.41) is 13.5. The molecule has 0 aliphatic carbocycles. The number of hydrogen-bond acceptors (Lipinski definition) is 6. The van der Waals surface area contributed by atoms with Gasteiger partial charge in [-0.05, 0) is 57.9 Å². The van der Waals surface area contributed by atoms with Crippen molar-refractivity contribution in [2.45, 2.75) is 91.6 Å². The zero-order valence-electron chi connectivity index (χ0n) is 20.5. The summed E-state index contributed by atoms with van der Waals surface area (Å²) < 4.78 is 16.1. The second-order valence-electron chi connectivity index (χ2n) is 9.82. The minimum absolute atomic E-state index is 0.0854. The maximum Gasteiger partial charge on any atom is 0.407 e. The molecule has 0 heterocycles. The van der Waals surface area contributed by atoms with E-state index < -0.39 is 23.8 Å². The molecule has 2 unspecified atom stereocenters. The van der Waals surface area contributed by atoms with Crippen LogP contribution in [0, 0.1) is 5.41 Å². The zero-order chi connectivity index (χ0) is 24.2. The van der Waals surface area contributed by atoms with E-state index in [9.17, 15) is 14.7 Å². The van der Waals surface area contributed by atoms with Gasteiger partial charge >= 0.3 is 12.1 Å². The number of benzene rings is 1. The molecule has 0 aromatic heterocycles. The third kappa shape index (κ3) is 12.7. The fourth-order valence-corrected chi connectivity index (χ4v) is 3.25. The van der Waals surface area contributed by atoms with Gasteiger partial charge in [0.15, 0.2) is 0 Å². The van der Waals surface area contributed by atoms with Crippen LogP contribution in [-0.4, -0.2) is 48.1 Å². The van der Waals surface area contributed by atoms with Crippen LogP contribution in [-0.2, 0) is 25.6 Å². The van der Waals surface area contributed by atoms with Gasteiger partial charge in [-0.25, -0.2) is 4.79 Å². The van der Waals surface area contributed by atoms with Crippen molar-refractivity contribution in [1.82, 2.24) is 5.32 Å². The number of alkyl carbamates (subject to hydrolysis) is 1. The number of aliphatic hydroxyl groups is 1. The fourth-order valence-electron chi connectivity index (χ4n) is 3.25. The van der Waals surface area contributed by atoms with E-state index in [-0.39, 0.29) is 24.2 Å². The molecule has 32 heavy (non-hydrogen) atoms. The summed E-state index contributed by atoms with van der Waals surface area (Å²) in [5.41, 5.74) is 0.247. The molecule has 182 valence electrons. The van der Waals surface area contributed by atoms with Crippen molar-refractivity contribution in [2.75, 3.05) is 13.2 Å². The Bertz CT molecular complexity index is 683. The van der Waals surface area contributed by atoms with Crippen LogP contribution < -0.4 is 5.32 Å². The minimum Gasteiger partial charge on any atom is -0.466 e. The first-order valence-electron chi connectivity index (χ1n) is 11.4. The highest BCUT2D eigenvalue weighted by Gasteiger charge is 2.31. The van der Waals surface area contributed by atoms with Crippen LogP contribution in [0.4, 0.5) is 4.79 Å². The SMILES string of the molecule is CCOC(=O)CCC(O)C(CC(C)(C)CCOCc1ccccc1)NC(=O)OC(C)(C)C. The molecule has 0 spiro atoms. The highest BCUT2D eigenvalue weighted by Crippen LogP contribution is 2.29. The lowest BCUT2D eigenvalue weighted by Gasteiger charge is -2.33. The molecular formula is C25H41NO6. The summed E-state index contributed by atoms with van der Waals surface area (Å²) in [6.45, 7) is 12.6. The Labute approximate surface area is 192 Å². The molecule has 0 radical (unpaired) electrons. The minimum atomic E-state index is -0.906. The van der Waals surface area contributed by atoms with Crippen molar-refractivity contribution >= 4 is 12.1 Å². The molecule has 0 fully saturated rings. The Hall–Kier alpha value is -2.12. The second kappa shape index (κ2) is 13.4. The second-order valence-corrected chi connectivity index (χ2v) is 9.82. The van der Waals surface area contributed by atoms with Crippen LogP contribution >= 0.6 is 0 Å². The lowest BCUT2D eigenvalue weighted by molar-refractivity contribution is -0.143. The normalized spacial score (nSPS) is 13.8. The van der Waals surface area contributed by atoms with Crippen molar-refractivity contribution in [3.05, 3.63) is 35.9 Å². The van der Waals surface area contributed by atoms with Crippen LogP contribution in [0.15, 0.2) is 30.3 Å². The Kier molecular flexibility index (Phi) is 11.7. The van der Waals surface area contributed by atoms with E-state index >= 15 is 0 Å². The summed E-state index contributed by atoms with van der Waals surface area (Å²) >= 11 is 0. The van der Waals surface area contributed by atoms with Crippen molar-refractivity contribution in [3.63, 3.8) is 0 Å². The van der Waals surface area contributed by atoms with E-state index in [4.69, 9.17) is 14.2 Å². The topological polar surface area (TPSA) is 94.1 Å². The Morgan fingerprint density at radius 2 is 1.75 bits per heavy atom. The molecule has 2 atom stereocenters. The standard InChI is InChI=1S/C25H41NO6/c1-7-31-22(28)14-13-21(27)20(26-23(29)32-24(2,3)4)17-25(5,6)15-16-30-18-19-11-9-8-10-12-19/h8-12,20-21,27H,7,13-18H2,1-6H3,(H,26,29). The highest BCUT2D eigenvalue weighted by atomic mass is 16.6. The van der Waals surface area contributed by atoms with Gasteiger partial charge in [0.05, 0.1) is 25.4 Å². The van der Waals surface area contributed by atoms with E-state index in [1.165, 1.54) is 0 Å². The molecular weight excluding hydrogens is 410 g/mol. The van der Waals surface area contributed by atoms with E-state index in [2.05, 4.69) is 19.2 Å². The summed E-state index contributed by atoms with van der Waals surface area (Å²) in [4.78, 5) is 24.1. The monoisotopic (exact) mass is 451 g/mol. The van der Waals surface area contributed by atoms with E-state index in [0.29, 0.717) is 26.2 Å². The van der Waals surface area contributed by atoms with Crippen LogP contribution in [0.2, 0.25) is 0 Å². The van der Waals surface area contributed by atoms with Gasteiger partial charge in [0, 0.05) is 13.0 Å². The third-order valence-corrected chi connectivity index (χ3v) is 4.92. The van der Waals surface area contributed by atoms with E-state index in [0.717, 1.165) is 12.0 Å². The number of carbonyl (C=O) groups is 2. The predicted octanol–water partition coefficient (Wildman–Crippen LogP) is 4.61. The van der Waals surface area contributed by atoms with Gasteiger partial charge in [-0.2, -0.15) is 0 Å². The van der Waals surface area contributed by atoms with Crippen molar-refractivity contribution in [1.29, 1.82) is 0 Å². The smallest absolute Gasteiger partial charge is 0.407 e. The molecule has 0 saturated carbocycles. The van der Waals surface area contributed by atoms with E-state index in [1.807, 2.05) is 30.3 Å². The number of rotatable bonds is 13. The van der Waals surface area contributed by atoms with Crippen LogP contribution in [0.25, 0.3) is 0 Å². The Morgan fingerprint density at radius 1 is 1.09 bits per heavy atom. The number of ether oxygens (including phenoxy) is 3. The van der Waals surface area contributed by atoms with Crippen LogP contribution in [0.1, 0.15) is 72.8 Å². The average molecular weight is 452 g/mol. The number of carbonyl (C=O) groups excluding carboxylic acids is 2. The maximum atomic E-state index is 12.4. The molecule has 2 N–H and O–H groups in total. The quantitative estimate of drug-likeness (QED) is 0.336. The molecule has 1 aromatic carbocycles. The van der Waals surface area contributed by atoms with Gasteiger partial charge < -0.3 is 24.6 Å². The Balaban J connectivity index is 2.67. The van der Waals surface area contributed by atoms with Crippen LogP contribution in [0.5, 0.6) is 0 Å². The molecule has 1 rings (SSSR count). The first kappa shape index (κ1) is 27.9. The summed E-state index contributed by atoms with van der Waals surface area (Å²) in [6, 6.07) is 9.40. The van der Waals surface area contributed by atoms with Crippen molar-refractivity contribution in [3.8, 4) is 0 Å². The number of nitrogens with one attached hydrogen (secondary N) is 1. The molecule has 7 nitrogen and oxygen atoms in total. The summed E-state index contributed by atoms with van der Waals surface area (Å²) in [7, 11) is 0. The molecule has 1 aromatic rings. The molecule has 1 amide bonds. The van der Waals surface area contributed by atoms with Gasteiger partial charge in [-0.15, -0.1) is 0 Å². The number of esters is 1. The predicted molar refractivity (Wildman–Crippen MR) is 124 cm³/mol. The van der Waals surface area contributed by atoms with Gasteiger partial charge in [-0.3, -0.25) is 4.79 Å². The largest absolute Gasteiger partial charge is 0.466 e. The molecule has 0 aliphatic rings. The van der Waals surface area contributed by atoms with Gasteiger partial charge in [0.1, 0.15) is 5.60 Å². The van der Waals surface area contributed by atoms with Gasteiger partial charge in [0.25, 0.3) is 0 Å². The Morgan fingerprint density at radius 3 is 2.34 bits per heavy atom.